The van der Waals surface area contributed by atoms with Gasteiger partial charge in [-0.1, -0.05) is 0 Å². The summed E-state index contributed by atoms with van der Waals surface area (Å²) in [5, 5.41) is 11.6. The first-order valence-electron chi connectivity index (χ1n) is 5.20. The van der Waals surface area contributed by atoms with E-state index in [-0.39, 0.29) is 5.56 Å². The number of hydrogen-bond acceptors (Lipinski definition) is 3. The van der Waals surface area contributed by atoms with E-state index in [0.29, 0.717) is 17.1 Å². The summed E-state index contributed by atoms with van der Waals surface area (Å²) in [5.41, 5.74) is 0.900. The van der Waals surface area contributed by atoms with Gasteiger partial charge in [-0.05, 0) is 24.3 Å². The van der Waals surface area contributed by atoms with Crippen LogP contribution in [0.5, 0.6) is 0 Å². The Hall–Kier alpha value is -2.48. The Morgan fingerprint density at radius 2 is 2.00 bits per heavy atom. The van der Waals surface area contributed by atoms with E-state index < -0.39 is 11.6 Å². The van der Waals surface area contributed by atoms with Gasteiger partial charge >= 0.3 is 0 Å². The highest BCUT2D eigenvalue weighted by Gasteiger charge is 2.10. The molecule has 0 spiro atoms. The summed E-state index contributed by atoms with van der Waals surface area (Å²) < 4.78 is 26.4. The summed E-state index contributed by atoms with van der Waals surface area (Å²) in [7, 11) is 1.62. The van der Waals surface area contributed by atoms with E-state index in [0.717, 1.165) is 12.1 Å². The molecule has 0 unspecified atom stereocenters. The number of halogens is 2. The van der Waals surface area contributed by atoms with Gasteiger partial charge in [0.25, 0.3) is 0 Å². The zero-order valence-electron chi connectivity index (χ0n) is 9.54. The Morgan fingerprint density at radius 3 is 2.61 bits per heavy atom. The molecule has 1 aromatic carbocycles. The highest BCUT2D eigenvalue weighted by molar-refractivity contribution is 5.65. The zero-order valence-corrected chi connectivity index (χ0v) is 9.54. The number of nitrogens with zero attached hydrogens (tertiary/aromatic N) is 2. The molecule has 0 amide bonds. The van der Waals surface area contributed by atoms with Crippen molar-refractivity contribution in [3.05, 3.63) is 47.5 Å². The number of aromatic nitrogens is 1. The fourth-order valence-electron chi connectivity index (χ4n) is 1.59. The van der Waals surface area contributed by atoms with E-state index in [4.69, 9.17) is 5.26 Å². The number of rotatable bonds is 2. The van der Waals surface area contributed by atoms with Gasteiger partial charge in [0.05, 0.1) is 11.3 Å². The van der Waals surface area contributed by atoms with Crippen molar-refractivity contribution in [2.24, 2.45) is 0 Å². The van der Waals surface area contributed by atoms with Crippen LogP contribution in [0.1, 0.15) is 5.56 Å². The average Bonchev–Trinajstić information content (AvgIpc) is 2.38. The average molecular weight is 245 g/mol. The van der Waals surface area contributed by atoms with Crippen LogP contribution < -0.4 is 5.32 Å². The summed E-state index contributed by atoms with van der Waals surface area (Å²) >= 11 is 0. The lowest BCUT2D eigenvalue weighted by molar-refractivity contribution is 0.585. The number of pyridine rings is 1. The second kappa shape index (κ2) is 4.80. The second-order valence-electron chi connectivity index (χ2n) is 3.58. The predicted molar refractivity (Wildman–Crippen MR) is 63.9 cm³/mol. The molecule has 0 bridgehead atoms. The predicted octanol–water partition coefficient (Wildman–Crippen LogP) is 2.94. The van der Waals surface area contributed by atoms with Gasteiger partial charge in [0.1, 0.15) is 23.5 Å². The molecule has 18 heavy (non-hydrogen) atoms. The zero-order chi connectivity index (χ0) is 13.1. The molecule has 0 atom stereocenters. The Balaban J connectivity index is 2.55. The van der Waals surface area contributed by atoms with Gasteiger partial charge in [-0.2, -0.15) is 5.26 Å². The van der Waals surface area contributed by atoms with Crippen LogP contribution in [0.15, 0.2) is 30.3 Å². The third-order valence-corrected chi connectivity index (χ3v) is 2.46. The minimum absolute atomic E-state index is 0.192. The molecule has 0 radical (unpaired) electrons. The minimum Gasteiger partial charge on any atom is -0.372 e. The quantitative estimate of drug-likeness (QED) is 0.884. The maximum atomic E-state index is 13.6. The van der Waals surface area contributed by atoms with Gasteiger partial charge in [0, 0.05) is 18.7 Å². The smallest absolute Gasteiger partial charge is 0.144 e. The number of nitrogens with one attached hydrogen (secondary N) is 1. The summed E-state index contributed by atoms with van der Waals surface area (Å²) in [5.74, 6) is -0.966. The van der Waals surface area contributed by atoms with E-state index in [2.05, 4.69) is 10.3 Å². The highest BCUT2D eigenvalue weighted by Crippen LogP contribution is 2.24. The fourth-order valence-corrected chi connectivity index (χ4v) is 1.59. The van der Waals surface area contributed by atoms with Crippen LogP contribution in [0, 0.1) is 23.0 Å². The molecule has 3 nitrogen and oxygen atoms in total. The third kappa shape index (κ3) is 2.13. The lowest BCUT2D eigenvalue weighted by Gasteiger charge is -2.07. The molecule has 2 rings (SSSR count). The summed E-state index contributed by atoms with van der Waals surface area (Å²) in [6.07, 6.45) is 0. The Morgan fingerprint density at radius 1 is 1.22 bits per heavy atom. The number of nitriles is 1. The lowest BCUT2D eigenvalue weighted by atomic mass is 10.1. The van der Waals surface area contributed by atoms with Crippen molar-refractivity contribution in [1.82, 2.24) is 4.98 Å². The van der Waals surface area contributed by atoms with Crippen molar-refractivity contribution in [1.29, 1.82) is 5.26 Å². The van der Waals surface area contributed by atoms with Crippen LogP contribution in [0.25, 0.3) is 11.3 Å². The van der Waals surface area contributed by atoms with Gasteiger partial charge in [-0.25, -0.2) is 13.8 Å². The van der Waals surface area contributed by atoms with E-state index >= 15 is 0 Å². The van der Waals surface area contributed by atoms with Gasteiger partial charge < -0.3 is 5.32 Å². The topological polar surface area (TPSA) is 48.7 Å². The highest BCUT2D eigenvalue weighted by atomic mass is 19.1. The van der Waals surface area contributed by atoms with Crippen molar-refractivity contribution in [3.63, 3.8) is 0 Å². The van der Waals surface area contributed by atoms with E-state index in [1.165, 1.54) is 18.2 Å². The lowest BCUT2D eigenvalue weighted by Crippen LogP contribution is -1.98. The Kier molecular flexibility index (Phi) is 3.20. The molecule has 0 aliphatic rings. The van der Waals surface area contributed by atoms with Crippen molar-refractivity contribution in [2.75, 3.05) is 12.4 Å². The number of hydrogen-bond donors (Lipinski definition) is 1. The van der Waals surface area contributed by atoms with Crippen LogP contribution in [0.4, 0.5) is 14.6 Å². The van der Waals surface area contributed by atoms with Gasteiger partial charge in [-0.3, -0.25) is 0 Å². The largest absolute Gasteiger partial charge is 0.372 e. The number of benzene rings is 1. The van der Waals surface area contributed by atoms with Crippen LogP contribution in [-0.4, -0.2) is 12.0 Å². The molecule has 1 N–H and O–H groups in total. The molecular formula is C13H9F2N3. The fraction of sp³-hybridized carbons (Fsp3) is 0.0769. The van der Waals surface area contributed by atoms with E-state index in [1.807, 2.05) is 6.07 Å². The van der Waals surface area contributed by atoms with Gasteiger partial charge in [0.2, 0.25) is 0 Å². The molecule has 90 valence electrons. The van der Waals surface area contributed by atoms with Crippen molar-refractivity contribution < 1.29 is 8.78 Å². The second-order valence-corrected chi connectivity index (χ2v) is 3.58. The summed E-state index contributed by atoms with van der Waals surface area (Å²) in [4.78, 5) is 4.13. The van der Waals surface area contributed by atoms with Crippen LogP contribution in [0.2, 0.25) is 0 Å². The number of anilines is 1. The van der Waals surface area contributed by atoms with Gasteiger partial charge in [-0.15, -0.1) is 0 Å². The first-order chi connectivity index (χ1) is 8.65. The SMILES string of the molecule is CNc1nc(-c2ccc(F)cc2F)ccc1C#N. The standard InChI is InChI=1S/C13H9F2N3/c1-17-13-8(7-16)2-5-12(18-13)10-4-3-9(14)6-11(10)15/h2-6H,1H3,(H,17,18). The summed E-state index contributed by atoms with van der Waals surface area (Å²) in [6.45, 7) is 0. The molecule has 0 aliphatic carbocycles. The maximum absolute atomic E-state index is 13.6. The van der Waals surface area contributed by atoms with E-state index in [1.54, 1.807) is 7.05 Å². The van der Waals surface area contributed by atoms with Crippen LogP contribution in [-0.2, 0) is 0 Å². The minimum atomic E-state index is -0.686. The van der Waals surface area contributed by atoms with E-state index in [9.17, 15) is 8.78 Å². The molecule has 0 saturated carbocycles. The molecular weight excluding hydrogens is 236 g/mol. The molecule has 1 heterocycles. The Bertz CT molecular complexity index is 633. The van der Waals surface area contributed by atoms with Crippen molar-refractivity contribution in [2.45, 2.75) is 0 Å². The molecule has 0 saturated heterocycles. The monoisotopic (exact) mass is 245 g/mol. The van der Waals surface area contributed by atoms with Crippen LogP contribution >= 0.6 is 0 Å². The first kappa shape index (κ1) is 12.0. The maximum Gasteiger partial charge on any atom is 0.144 e. The molecule has 2 aromatic rings. The normalized spacial score (nSPS) is 9.89. The molecule has 0 aliphatic heterocycles. The molecule has 0 fully saturated rings. The van der Waals surface area contributed by atoms with Gasteiger partial charge in [0.15, 0.2) is 0 Å². The van der Waals surface area contributed by atoms with Crippen LogP contribution in [0.3, 0.4) is 0 Å². The summed E-state index contributed by atoms with van der Waals surface area (Å²) in [6, 6.07) is 8.31. The molecule has 5 heteroatoms. The van der Waals surface area contributed by atoms with Crippen molar-refractivity contribution >= 4 is 5.82 Å². The van der Waals surface area contributed by atoms with Crippen molar-refractivity contribution in [3.8, 4) is 17.3 Å². The molecule has 1 aromatic heterocycles. The Labute approximate surface area is 103 Å². The first-order valence-corrected chi connectivity index (χ1v) is 5.20. The third-order valence-electron chi connectivity index (χ3n) is 2.46.